The summed E-state index contributed by atoms with van der Waals surface area (Å²) in [6.07, 6.45) is 0. The van der Waals surface area contributed by atoms with E-state index in [1.165, 1.54) is 24.0 Å². The molecule has 0 saturated heterocycles. The molecule has 0 spiro atoms. The third kappa shape index (κ3) is 4.58. The quantitative estimate of drug-likeness (QED) is 0.369. The number of fused-ring (bicyclic) bond motifs is 1. The van der Waals surface area contributed by atoms with E-state index in [1.807, 2.05) is 19.9 Å². The molecule has 0 fully saturated rings. The average Bonchev–Trinajstić information content (AvgIpc) is 3.36. The fourth-order valence-electron chi connectivity index (χ4n) is 3.66. The molecular formula is C23H22F2N4O3S2. The molecule has 0 N–H and O–H groups in total. The normalized spacial score (nSPS) is 11.8. The van der Waals surface area contributed by atoms with Gasteiger partial charge in [-0.15, -0.1) is 0 Å². The highest BCUT2D eigenvalue weighted by atomic mass is 32.2. The molecule has 0 atom stereocenters. The Morgan fingerprint density at radius 1 is 1.15 bits per heavy atom. The lowest BCUT2D eigenvalue weighted by Crippen LogP contribution is -2.35. The summed E-state index contributed by atoms with van der Waals surface area (Å²) in [6.45, 7) is 5.61. The number of aromatic nitrogens is 3. The fraction of sp³-hybridized carbons (Fsp3) is 0.261. The van der Waals surface area contributed by atoms with Gasteiger partial charge >= 0.3 is 0 Å². The predicted molar refractivity (Wildman–Crippen MR) is 127 cm³/mol. The summed E-state index contributed by atoms with van der Waals surface area (Å²) < 4.78 is 55.3. The minimum atomic E-state index is -3.69. The Balaban J connectivity index is 1.81. The maximum atomic E-state index is 14.3. The molecule has 11 heteroatoms. The molecule has 0 aliphatic heterocycles. The third-order valence-electron chi connectivity index (χ3n) is 5.35. The number of nitrogens with zero attached hydrogens (tertiary/aromatic N) is 4. The van der Waals surface area contributed by atoms with E-state index in [0.717, 1.165) is 34.9 Å². The molecule has 2 aromatic carbocycles. The Hall–Kier alpha value is -3.18. The van der Waals surface area contributed by atoms with E-state index < -0.39 is 27.4 Å². The molecule has 0 aliphatic rings. The van der Waals surface area contributed by atoms with Crippen molar-refractivity contribution in [3.05, 3.63) is 71.1 Å². The van der Waals surface area contributed by atoms with Gasteiger partial charge in [-0.25, -0.2) is 22.2 Å². The number of amides is 1. The topological polar surface area (TPSA) is 85.2 Å². The monoisotopic (exact) mass is 504 g/mol. The van der Waals surface area contributed by atoms with Crippen LogP contribution >= 0.6 is 11.3 Å². The van der Waals surface area contributed by atoms with Gasteiger partial charge in [-0.05, 0) is 38.1 Å². The van der Waals surface area contributed by atoms with Crippen molar-refractivity contribution in [3.8, 4) is 0 Å². The van der Waals surface area contributed by atoms with Gasteiger partial charge in [0.15, 0.2) is 20.8 Å². The Bertz CT molecular complexity index is 1500. The van der Waals surface area contributed by atoms with Gasteiger partial charge in [0.1, 0.15) is 11.3 Å². The zero-order chi connectivity index (χ0) is 24.6. The van der Waals surface area contributed by atoms with Crippen molar-refractivity contribution in [2.45, 2.75) is 32.2 Å². The molecule has 2 heterocycles. The number of thiazole rings is 1. The minimum absolute atomic E-state index is 0.0105. The highest BCUT2D eigenvalue weighted by Gasteiger charge is 2.28. The lowest BCUT2D eigenvalue weighted by molar-refractivity contribution is 0.0982. The van der Waals surface area contributed by atoms with Crippen LogP contribution in [0.1, 0.15) is 28.7 Å². The lowest BCUT2D eigenvalue weighted by Gasteiger charge is -2.21. The van der Waals surface area contributed by atoms with Gasteiger partial charge in [-0.1, -0.05) is 30.4 Å². The van der Waals surface area contributed by atoms with Gasteiger partial charge in [0.2, 0.25) is 0 Å². The number of hydrogen-bond acceptors (Lipinski definition) is 6. The van der Waals surface area contributed by atoms with Crippen molar-refractivity contribution < 1.29 is 22.0 Å². The molecule has 0 aliphatic carbocycles. The zero-order valence-corrected chi connectivity index (χ0v) is 20.4. The van der Waals surface area contributed by atoms with E-state index in [2.05, 4.69) is 10.1 Å². The van der Waals surface area contributed by atoms with Gasteiger partial charge < -0.3 is 0 Å². The molecule has 34 heavy (non-hydrogen) atoms. The van der Waals surface area contributed by atoms with Gasteiger partial charge in [-0.2, -0.15) is 5.10 Å². The number of halogens is 2. The van der Waals surface area contributed by atoms with Crippen molar-refractivity contribution in [3.63, 3.8) is 0 Å². The summed E-state index contributed by atoms with van der Waals surface area (Å²) >= 11 is 0.955. The molecule has 2 aromatic heterocycles. The van der Waals surface area contributed by atoms with Gasteiger partial charge in [0, 0.05) is 18.3 Å². The van der Waals surface area contributed by atoms with Crippen molar-refractivity contribution in [2.75, 3.05) is 17.2 Å². The SMILES string of the molecule is CCS(=O)(=O)c1ccccc1C(=O)N(CCn1nc(C)cc1C)c1nc2c(F)cc(F)cc2s1. The molecular weight excluding hydrogens is 482 g/mol. The summed E-state index contributed by atoms with van der Waals surface area (Å²) in [4.78, 5) is 19.2. The van der Waals surface area contributed by atoms with E-state index in [9.17, 15) is 22.0 Å². The summed E-state index contributed by atoms with van der Waals surface area (Å²) in [5.41, 5.74) is 1.63. The zero-order valence-electron chi connectivity index (χ0n) is 18.7. The van der Waals surface area contributed by atoms with Gasteiger partial charge in [0.05, 0.1) is 33.2 Å². The number of carbonyl (C=O) groups is 1. The summed E-state index contributed by atoms with van der Waals surface area (Å²) in [5, 5.41) is 4.54. The number of sulfone groups is 1. The Morgan fingerprint density at radius 3 is 2.56 bits per heavy atom. The molecule has 4 aromatic rings. The van der Waals surface area contributed by atoms with Crippen LogP contribution in [-0.4, -0.2) is 41.4 Å². The number of carbonyl (C=O) groups excluding carboxylic acids is 1. The van der Waals surface area contributed by atoms with E-state index in [-0.39, 0.29) is 38.1 Å². The minimum Gasteiger partial charge on any atom is -0.282 e. The summed E-state index contributed by atoms with van der Waals surface area (Å²) in [6, 6.07) is 9.73. The largest absolute Gasteiger partial charge is 0.282 e. The predicted octanol–water partition coefficient (Wildman–Crippen LogP) is 4.53. The molecule has 0 unspecified atom stereocenters. The van der Waals surface area contributed by atoms with Crippen molar-refractivity contribution in [1.82, 2.24) is 14.8 Å². The highest BCUT2D eigenvalue weighted by Crippen LogP contribution is 2.32. The number of benzene rings is 2. The molecule has 0 bridgehead atoms. The second-order valence-electron chi connectivity index (χ2n) is 7.74. The van der Waals surface area contributed by atoms with Crippen LogP contribution < -0.4 is 4.90 Å². The van der Waals surface area contributed by atoms with Crippen LogP contribution in [0.15, 0.2) is 47.4 Å². The van der Waals surface area contributed by atoms with Crippen LogP contribution in [0.25, 0.3) is 10.2 Å². The maximum absolute atomic E-state index is 14.3. The highest BCUT2D eigenvalue weighted by molar-refractivity contribution is 7.91. The fourth-order valence-corrected chi connectivity index (χ4v) is 5.77. The summed E-state index contributed by atoms with van der Waals surface area (Å²) in [5.74, 6) is -2.36. The van der Waals surface area contributed by atoms with E-state index >= 15 is 0 Å². The van der Waals surface area contributed by atoms with E-state index in [0.29, 0.717) is 6.54 Å². The number of hydrogen-bond donors (Lipinski definition) is 0. The number of rotatable bonds is 7. The number of anilines is 1. The van der Waals surface area contributed by atoms with Crippen molar-refractivity contribution in [2.24, 2.45) is 0 Å². The molecule has 1 amide bonds. The first-order chi connectivity index (χ1) is 16.1. The van der Waals surface area contributed by atoms with Gasteiger partial charge in [0.25, 0.3) is 5.91 Å². The average molecular weight is 505 g/mol. The smallest absolute Gasteiger partial charge is 0.261 e. The third-order valence-corrected chi connectivity index (χ3v) is 8.16. The molecule has 4 rings (SSSR count). The molecule has 0 radical (unpaired) electrons. The van der Waals surface area contributed by atoms with E-state index in [1.54, 1.807) is 16.8 Å². The molecule has 0 saturated carbocycles. The molecule has 178 valence electrons. The maximum Gasteiger partial charge on any atom is 0.261 e. The van der Waals surface area contributed by atoms with Crippen LogP contribution in [0.5, 0.6) is 0 Å². The van der Waals surface area contributed by atoms with Crippen LogP contribution in [-0.2, 0) is 16.4 Å². The Morgan fingerprint density at radius 2 is 1.88 bits per heavy atom. The first kappa shape index (κ1) is 24.0. The van der Waals surface area contributed by atoms with Crippen LogP contribution in [0, 0.1) is 25.5 Å². The Kier molecular flexibility index (Phi) is 6.50. The second-order valence-corrected chi connectivity index (χ2v) is 11.0. The van der Waals surface area contributed by atoms with Crippen molar-refractivity contribution in [1.29, 1.82) is 0 Å². The van der Waals surface area contributed by atoms with E-state index in [4.69, 9.17) is 0 Å². The van der Waals surface area contributed by atoms with Crippen LogP contribution in [0.2, 0.25) is 0 Å². The van der Waals surface area contributed by atoms with Crippen molar-refractivity contribution >= 4 is 42.4 Å². The summed E-state index contributed by atoms with van der Waals surface area (Å²) in [7, 11) is -3.69. The lowest BCUT2D eigenvalue weighted by atomic mass is 10.2. The standard InChI is InChI=1S/C23H22F2N4O3S2/c1-4-34(31,32)20-8-6-5-7-17(20)22(30)28(9-10-29-15(3)11-14(2)27-29)23-26-21-18(25)12-16(24)13-19(21)33-23/h5-8,11-13H,4,9-10H2,1-3H3. The molecule has 7 nitrogen and oxygen atoms in total. The first-order valence-electron chi connectivity index (χ1n) is 10.5. The van der Waals surface area contributed by atoms with Crippen LogP contribution in [0.3, 0.4) is 0 Å². The second kappa shape index (κ2) is 9.22. The van der Waals surface area contributed by atoms with Gasteiger partial charge in [-0.3, -0.25) is 14.4 Å². The van der Waals surface area contributed by atoms with Crippen LogP contribution in [0.4, 0.5) is 13.9 Å². The first-order valence-corrected chi connectivity index (χ1v) is 13.0. The number of aryl methyl sites for hydroxylation is 2. The Labute approximate surface area is 199 Å².